The first-order valence-electron chi connectivity index (χ1n) is 3.83. The molecule has 0 saturated carbocycles. The maximum absolute atomic E-state index is 11.1. The fourth-order valence-electron chi connectivity index (χ4n) is 0.969. The van der Waals surface area contributed by atoms with Crippen LogP contribution in [-0.4, -0.2) is 14.7 Å². The first-order valence-corrected chi connectivity index (χ1v) is 6.47. The number of hydrogen-bond donors (Lipinski definition) is 1. The van der Waals surface area contributed by atoms with Gasteiger partial charge in [-0.25, -0.2) is 18.7 Å². The van der Waals surface area contributed by atoms with Crippen molar-refractivity contribution in [3.05, 3.63) is 28.2 Å². The molecule has 14 heavy (non-hydrogen) atoms. The van der Waals surface area contributed by atoms with Gasteiger partial charge in [0.2, 0.25) is 10.0 Å². The molecule has 78 valence electrons. The molecule has 0 spiro atoms. The lowest BCUT2D eigenvalue weighted by molar-refractivity contribution is 0.598. The van der Waals surface area contributed by atoms with E-state index in [2.05, 4.69) is 15.9 Å². The summed E-state index contributed by atoms with van der Waals surface area (Å²) in [6.45, 7) is 1.91. The van der Waals surface area contributed by atoms with Crippen molar-refractivity contribution >= 4 is 31.6 Å². The van der Waals surface area contributed by atoms with Gasteiger partial charge in [0.1, 0.15) is 0 Å². The quantitative estimate of drug-likeness (QED) is 0.657. The average Bonchev–Trinajstić information content (AvgIpc) is 2.01. The van der Waals surface area contributed by atoms with Crippen LogP contribution in [0.5, 0.6) is 0 Å². The Labute approximate surface area is 91.9 Å². The highest BCUT2D eigenvalue weighted by Gasteiger charge is 2.15. The lowest BCUT2D eigenvalue weighted by Crippen LogP contribution is -2.36. The summed E-state index contributed by atoms with van der Waals surface area (Å²) in [4.78, 5) is 0. The number of rotatable bonds is 2. The normalized spacial score (nSPS) is 11.4. The molecule has 0 fully saturated rings. The second-order valence-electron chi connectivity index (χ2n) is 3.01. The van der Waals surface area contributed by atoms with Gasteiger partial charge in [0.25, 0.3) is 0 Å². The molecule has 1 aromatic carbocycles. The lowest BCUT2D eigenvalue weighted by atomic mass is 10.2. The van der Waals surface area contributed by atoms with Crippen molar-refractivity contribution in [3.8, 4) is 0 Å². The average molecular weight is 279 g/mol. The maximum atomic E-state index is 11.1. The van der Waals surface area contributed by atoms with Crippen molar-refractivity contribution in [3.63, 3.8) is 0 Å². The molecular weight excluding hydrogens is 268 g/mol. The molecule has 0 aliphatic rings. The van der Waals surface area contributed by atoms with E-state index in [9.17, 15) is 8.42 Å². The third kappa shape index (κ3) is 2.46. The van der Waals surface area contributed by atoms with Crippen molar-refractivity contribution < 1.29 is 8.42 Å². The Morgan fingerprint density at radius 3 is 2.43 bits per heavy atom. The third-order valence-corrected chi connectivity index (χ3v) is 3.24. The number of nitrogens with zero attached hydrogens (tertiary/aromatic N) is 1. The Kier molecular flexibility index (Phi) is 3.18. The van der Waals surface area contributed by atoms with Gasteiger partial charge < -0.3 is 0 Å². The Bertz CT molecular complexity index is 445. The van der Waals surface area contributed by atoms with Crippen molar-refractivity contribution in [1.82, 2.24) is 0 Å². The van der Waals surface area contributed by atoms with Crippen LogP contribution in [0.25, 0.3) is 0 Å². The molecule has 0 heterocycles. The van der Waals surface area contributed by atoms with E-state index in [1.807, 2.05) is 6.92 Å². The molecule has 0 radical (unpaired) electrons. The number of hydrogen-bond acceptors (Lipinski definition) is 3. The van der Waals surface area contributed by atoms with Crippen LogP contribution in [-0.2, 0) is 10.0 Å². The minimum atomic E-state index is -3.41. The van der Waals surface area contributed by atoms with Gasteiger partial charge in [-0.1, -0.05) is 6.07 Å². The van der Waals surface area contributed by atoms with E-state index in [0.29, 0.717) is 10.2 Å². The van der Waals surface area contributed by atoms with Gasteiger partial charge in [-0.15, -0.1) is 0 Å². The molecule has 6 heteroatoms. The van der Waals surface area contributed by atoms with Crippen LogP contribution in [0.4, 0.5) is 5.69 Å². The van der Waals surface area contributed by atoms with E-state index in [0.717, 1.165) is 16.2 Å². The predicted molar refractivity (Wildman–Crippen MR) is 60.4 cm³/mol. The van der Waals surface area contributed by atoms with E-state index in [1.165, 1.54) is 0 Å². The molecule has 0 aliphatic heterocycles. The summed E-state index contributed by atoms with van der Waals surface area (Å²) in [6, 6.07) is 5.26. The third-order valence-electron chi connectivity index (χ3n) is 1.70. The summed E-state index contributed by atoms with van der Waals surface area (Å²) in [5.41, 5.74) is 1.46. The van der Waals surface area contributed by atoms with E-state index < -0.39 is 10.0 Å². The molecule has 0 bridgehead atoms. The fourth-order valence-corrected chi connectivity index (χ4v) is 2.29. The van der Waals surface area contributed by atoms with Crippen molar-refractivity contribution in [2.24, 2.45) is 5.84 Å². The Morgan fingerprint density at radius 2 is 2.00 bits per heavy atom. The highest BCUT2D eigenvalue weighted by molar-refractivity contribution is 9.10. The summed E-state index contributed by atoms with van der Waals surface area (Å²) < 4.78 is 23.7. The summed E-state index contributed by atoms with van der Waals surface area (Å²) >= 11 is 3.25. The maximum Gasteiger partial charge on any atom is 0.245 e. The zero-order chi connectivity index (χ0) is 10.9. The van der Waals surface area contributed by atoms with Crippen LogP contribution in [0, 0.1) is 6.92 Å². The summed E-state index contributed by atoms with van der Waals surface area (Å²) in [5.74, 6) is 5.44. The SMILES string of the molecule is Cc1ccc(N(N)S(C)(=O)=O)c(Br)c1. The Balaban J connectivity index is 3.21. The van der Waals surface area contributed by atoms with Gasteiger partial charge in [0.05, 0.1) is 11.9 Å². The minimum Gasteiger partial charge on any atom is -0.233 e. The largest absolute Gasteiger partial charge is 0.245 e. The van der Waals surface area contributed by atoms with Crippen LogP contribution in [0.1, 0.15) is 5.56 Å². The second-order valence-corrected chi connectivity index (χ2v) is 5.73. The van der Waals surface area contributed by atoms with Crippen LogP contribution in [0.15, 0.2) is 22.7 Å². The zero-order valence-corrected chi connectivity index (χ0v) is 10.3. The number of hydrazine groups is 1. The highest BCUT2D eigenvalue weighted by atomic mass is 79.9. The molecular formula is C8H11BrN2O2S. The number of nitrogens with two attached hydrogens (primary N) is 1. The van der Waals surface area contributed by atoms with Crippen molar-refractivity contribution in [2.45, 2.75) is 6.92 Å². The van der Waals surface area contributed by atoms with Gasteiger partial charge in [0, 0.05) is 4.47 Å². The summed E-state index contributed by atoms with van der Waals surface area (Å²) in [7, 11) is -3.41. The molecule has 4 nitrogen and oxygen atoms in total. The predicted octanol–water partition coefficient (Wildman–Crippen LogP) is 1.40. The number of aryl methyl sites for hydroxylation is 1. The van der Waals surface area contributed by atoms with Gasteiger partial charge in [-0.3, -0.25) is 0 Å². The van der Waals surface area contributed by atoms with Gasteiger partial charge in [0.15, 0.2) is 0 Å². The van der Waals surface area contributed by atoms with Crippen molar-refractivity contribution in [2.75, 3.05) is 10.7 Å². The first-order chi connectivity index (χ1) is 6.32. The number of anilines is 1. The number of sulfonamides is 1. The molecule has 1 rings (SSSR count). The van der Waals surface area contributed by atoms with E-state index in [-0.39, 0.29) is 0 Å². The second kappa shape index (κ2) is 3.88. The standard InChI is InChI=1S/C8H11BrN2O2S/c1-6-3-4-8(7(9)5-6)11(10)14(2,12)13/h3-5H,10H2,1-2H3. The zero-order valence-electron chi connectivity index (χ0n) is 7.86. The fraction of sp³-hybridized carbons (Fsp3) is 0.250. The van der Waals surface area contributed by atoms with Crippen LogP contribution in [0.2, 0.25) is 0 Å². The first kappa shape index (κ1) is 11.5. The molecule has 0 unspecified atom stereocenters. The van der Waals surface area contributed by atoms with E-state index >= 15 is 0 Å². The van der Waals surface area contributed by atoms with Crippen LogP contribution >= 0.6 is 15.9 Å². The summed E-state index contributed by atoms with van der Waals surface area (Å²) in [5, 5.41) is 0. The smallest absolute Gasteiger partial charge is 0.233 e. The monoisotopic (exact) mass is 278 g/mol. The van der Waals surface area contributed by atoms with Gasteiger partial charge >= 0.3 is 0 Å². The number of halogens is 1. The molecule has 0 saturated heterocycles. The summed E-state index contributed by atoms with van der Waals surface area (Å²) in [6.07, 6.45) is 1.05. The number of benzene rings is 1. The molecule has 2 N–H and O–H groups in total. The van der Waals surface area contributed by atoms with Crippen LogP contribution < -0.4 is 10.3 Å². The molecule has 0 amide bonds. The Morgan fingerprint density at radius 1 is 1.43 bits per heavy atom. The van der Waals surface area contributed by atoms with Crippen molar-refractivity contribution in [1.29, 1.82) is 0 Å². The van der Waals surface area contributed by atoms with Gasteiger partial charge in [-0.05, 0) is 40.5 Å². The molecule has 1 aromatic rings. The lowest BCUT2D eigenvalue weighted by Gasteiger charge is -2.17. The van der Waals surface area contributed by atoms with E-state index in [4.69, 9.17) is 5.84 Å². The minimum absolute atomic E-state index is 0.429. The highest BCUT2D eigenvalue weighted by Crippen LogP contribution is 2.26. The van der Waals surface area contributed by atoms with E-state index in [1.54, 1.807) is 18.2 Å². The molecule has 0 aromatic heterocycles. The molecule has 0 atom stereocenters. The topological polar surface area (TPSA) is 63.4 Å². The Hall–Kier alpha value is -0.590. The van der Waals surface area contributed by atoms with Crippen LogP contribution in [0.3, 0.4) is 0 Å². The van der Waals surface area contributed by atoms with Gasteiger partial charge in [-0.2, -0.15) is 0 Å². The molecule has 0 aliphatic carbocycles.